The molecule has 0 aromatic heterocycles. The van der Waals surface area contributed by atoms with Crippen LogP contribution in [0.25, 0.3) is 0 Å². The zero-order chi connectivity index (χ0) is 21.5. The summed E-state index contributed by atoms with van der Waals surface area (Å²) in [6.07, 6.45) is 0.0805. The van der Waals surface area contributed by atoms with Gasteiger partial charge in [-0.2, -0.15) is 0 Å². The summed E-state index contributed by atoms with van der Waals surface area (Å²) >= 11 is 0. The van der Waals surface area contributed by atoms with Crippen LogP contribution < -0.4 is 19.5 Å². The molecule has 2 unspecified atom stereocenters. The summed E-state index contributed by atoms with van der Waals surface area (Å²) in [4.78, 5) is 24.7. The van der Waals surface area contributed by atoms with Crippen LogP contribution in [0.15, 0.2) is 42.5 Å². The van der Waals surface area contributed by atoms with Gasteiger partial charge >= 0.3 is 5.97 Å². The molecule has 3 rings (SSSR count). The largest absolute Gasteiger partial charge is 0.494 e. The van der Waals surface area contributed by atoms with Gasteiger partial charge in [-0.25, -0.2) is 0 Å². The Balaban J connectivity index is 1.62. The van der Waals surface area contributed by atoms with E-state index in [9.17, 15) is 9.59 Å². The Labute approximate surface area is 176 Å². The molecule has 0 aliphatic carbocycles. The highest BCUT2D eigenvalue weighted by Gasteiger charge is 2.41. The van der Waals surface area contributed by atoms with Gasteiger partial charge in [0.05, 0.1) is 33.2 Å². The van der Waals surface area contributed by atoms with Gasteiger partial charge in [0.25, 0.3) is 0 Å². The van der Waals surface area contributed by atoms with Gasteiger partial charge < -0.3 is 24.3 Å². The lowest BCUT2D eigenvalue weighted by Crippen LogP contribution is -2.33. The van der Waals surface area contributed by atoms with Gasteiger partial charge in [0.15, 0.2) is 11.5 Å². The highest BCUT2D eigenvalue weighted by atomic mass is 16.6. The fourth-order valence-corrected chi connectivity index (χ4v) is 3.50. The molecule has 7 nitrogen and oxygen atoms in total. The lowest BCUT2D eigenvalue weighted by molar-refractivity contribution is -0.141. The summed E-state index contributed by atoms with van der Waals surface area (Å²) in [7, 11) is 3.08. The minimum atomic E-state index is -0.650. The second-order valence-electron chi connectivity index (χ2n) is 6.95. The highest BCUT2D eigenvalue weighted by Crippen LogP contribution is 2.39. The molecule has 30 heavy (non-hydrogen) atoms. The molecular formula is C23H27NO6. The summed E-state index contributed by atoms with van der Waals surface area (Å²) < 4.78 is 21.4. The second kappa shape index (κ2) is 10.0. The van der Waals surface area contributed by atoms with Crippen LogP contribution in [0.2, 0.25) is 0 Å². The zero-order valence-electron chi connectivity index (χ0n) is 17.5. The van der Waals surface area contributed by atoms with Crippen molar-refractivity contribution in [2.45, 2.75) is 25.9 Å². The number of hydrogen-bond donors (Lipinski definition) is 1. The number of cyclic esters (lactones) is 1. The van der Waals surface area contributed by atoms with Gasteiger partial charge in [-0.1, -0.05) is 18.2 Å². The normalized spacial score (nSPS) is 17.9. The van der Waals surface area contributed by atoms with Crippen LogP contribution in [0.3, 0.4) is 0 Å². The summed E-state index contributed by atoms with van der Waals surface area (Å²) in [5.41, 5.74) is 1.79. The Hall–Kier alpha value is -3.22. The molecule has 1 aliphatic rings. The van der Waals surface area contributed by atoms with E-state index in [0.717, 1.165) is 11.3 Å². The Morgan fingerprint density at radius 2 is 1.83 bits per heavy atom. The van der Waals surface area contributed by atoms with Crippen molar-refractivity contribution in [3.63, 3.8) is 0 Å². The number of amides is 1. The van der Waals surface area contributed by atoms with Crippen molar-refractivity contribution in [1.29, 1.82) is 0 Å². The van der Waals surface area contributed by atoms with Crippen LogP contribution in [-0.2, 0) is 20.7 Å². The highest BCUT2D eigenvalue weighted by molar-refractivity contribution is 5.87. The number of hydrogen-bond acceptors (Lipinski definition) is 6. The van der Waals surface area contributed by atoms with Gasteiger partial charge in [-0.05, 0) is 48.7 Å². The minimum Gasteiger partial charge on any atom is -0.494 e. The Morgan fingerprint density at radius 1 is 1.10 bits per heavy atom. The molecule has 160 valence electrons. The van der Waals surface area contributed by atoms with Crippen LogP contribution >= 0.6 is 0 Å². The van der Waals surface area contributed by atoms with Crippen molar-refractivity contribution in [3.8, 4) is 17.2 Å². The van der Waals surface area contributed by atoms with Crippen LogP contribution in [-0.4, -0.2) is 39.2 Å². The smallest absolute Gasteiger partial charge is 0.307 e. The lowest BCUT2D eigenvalue weighted by Gasteiger charge is -2.19. The SMILES string of the molecule is CCOc1ccc(CCNC(=O)C2CC(=O)OC2c2ccc(OC)c(OC)c2)cc1. The number of ether oxygens (including phenoxy) is 4. The Kier molecular flexibility index (Phi) is 7.17. The van der Waals surface area contributed by atoms with Gasteiger partial charge in [0, 0.05) is 6.54 Å². The van der Waals surface area contributed by atoms with Gasteiger partial charge in [-0.15, -0.1) is 0 Å². The van der Waals surface area contributed by atoms with E-state index in [2.05, 4.69) is 5.32 Å². The second-order valence-corrected chi connectivity index (χ2v) is 6.95. The molecule has 2 aromatic carbocycles. The Bertz CT molecular complexity index is 880. The van der Waals surface area contributed by atoms with Crippen molar-refractivity contribution in [2.24, 2.45) is 5.92 Å². The predicted molar refractivity (Wildman–Crippen MR) is 111 cm³/mol. The quantitative estimate of drug-likeness (QED) is 0.636. The lowest BCUT2D eigenvalue weighted by atomic mass is 9.94. The first-order valence-corrected chi connectivity index (χ1v) is 9.96. The third kappa shape index (κ3) is 5.03. The van der Waals surface area contributed by atoms with Gasteiger partial charge in [0.2, 0.25) is 5.91 Å². The average molecular weight is 413 g/mol. The van der Waals surface area contributed by atoms with Gasteiger partial charge in [-0.3, -0.25) is 9.59 Å². The Morgan fingerprint density at radius 3 is 2.50 bits per heavy atom. The molecule has 2 atom stereocenters. The fraction of sp³-hybridized carbons (Fsp3) is 0.391. The van der Waals surface area contributed by atoms with Crippen LogP contribution in [0.4, 0.5) is 0 Å². The number of carbonyl (C=O) groups excluding carboxylic acids is 2. The molecule has 0 spiro atoms. The number of rotatable bonds is 9. The van der Waals surface area contributed by atoms with Crippen LogP contribution in [0, 0.1) is 5.92 Å². The van der Waals surface area contributed by atoms with E-state index in [1.54, 1.807) is 25.3 Å². The van der Waals surface area contributed by atoms with E-state index in [1.165, 1.54) is 7.11 Å². The van der Waals surface area contributed by atoms with Gasteiger partial charge in [0.1, 0.15) is 11.9 Å². The first kappa shape index (κ1) is 21.5. The maximum absolute atomic E-state index is 12.8. The molecule has 0 saturated carbocycles. The van der Waals surface area contributed by atoms with E-state index in [-0.39, 0.29) is 18.3 Å². The van der Waals surface area contributed by atoms with Crippen LogP contribution in [0.5, 0.6) is 17.2 Å². The average Bonchev–Trinajstić information content (AvgIpc) is 3.16. The summed E-state index contributed by atoms with van der Waals surface area (Å²) in [6.45, 7) is 3.03. The third-order valence-corrected chi connectivity index (χ3v) is 5.03. The summed E-state index contributed by atoms with van der Waals surface area (Å²) in [5, 5.41) is 2.93. The van der Waals surface area contributed by atoms with E-state index in [4.69, 9.17) is 18.9 Å². The molecule has 1 aliphatic heterocycles. The molecule has 1 amide bonds. The standard InChI is InChI=1S/C23H27NO6/c1-4-29-17-8-5-15(6-9-17)11-12-24-23(26)18-14-21(25)30-22(18)16-7-10-19(27-2)20(13-16)28-3/h5-10,13,18,22H,4,11-12,14H2,1-3H3,(H,24,26). The fourth-order valence-electron chi connectivity index (χ4n) is 3.50. The predicted octanol–water partition coefficient (Wildman–Crippen LogP) is 3.07. The van der Waals surface area contributed by atoms with Crippen LogP contribution in [0.1, 0.15) is 30.6 Å². The van der Waals surface area contributed by atoms with E-state index < -0.39 is 12.0 Å². The molecule has 1 N–H and O–H groups in total. The number of methoxy groups -OCH3 is 2. The summed E-state index contributed by atoms with van der Waals surface area (Å²) in [6, 6.07) is 13.0. The van der Waals surface area contributed by atoms with Crippen molar-refractivity contribution >= 4 is 11.9 Å². The van der Waals surface area contributed by atoms with E-state index in [1.807, 2.05) is 31.2 Å². The maximum Gasteiger partial charge on any atom is 0.307 e. The molecular weight excluding hydrogens is 386 g/mol. The van der Waals surface area contributed by atoms with E-state index in [0.29, 0.717) is 36.6 Å². The number of benzene rings is 2. The molecule has 7 heteroatoms. The van der Waals surface area contributed by atoms with Crippen molar-refractivity contribution < 1.29 is 28.5 Å². The molecule has 2 aromatic rings. The minimum absolute atomic E-state index is 0.0495. The number of nitrogens with one attached hydrogen (secondary N) is 1. The maximum atomic E-state index is 12.8. The molecule has 1 heterocycles. The summed E-state index contributed by atoms with van der Waals surface area (Å²) in [5.74, 6) is 0.739. The first-order chi connectivity index (χ1) is 14.5. The first-order valence-electron chi connectivity index (χ1n) is 9.96. The van der Waals surface area contributed by atoms with Crippen molar-refractivity contribution in [2.75, 3.05) is 27.4 Å². The van der Waals surface area contributed by atoms with E-state index >= 15 is 0 Å². The molecule has 1 saturated heterocycles. The molecule has 0 radical (unpaired) electrons. The molecule has 0 bridgehead atoms. The zero-order valence-corrected chi connectivity index (χ0v) is 17.5. The monoisotopic (exact) mass is 413 g/mol. The topological polar surface area (TPSA) is 83.1 Å². The number of carbonyl (C=O) groups is 2. The number of esters is 1. The van der Waals surface area contributed by atoms with Crippen molar-refractivity contribution in [3.05, 3.63) is 53.6 Å². The molecule has 1 fully saturated rings. The third-order valence-electron chi connectivity index (χ3n) is 5.03. The van der Waals surface area contributed by atoms with Crippen molar-refractivity contribution in [1.82, 2.24) is 5.32 Å².